The molecule has 2 nitrogen and oxygen atoms in total. The van der Waals surface area contributed by atoms with Crippen LogP contribution in [0.3, 0.4) is 0 Å². The Morgan fingerprint density at radius 3 is 2.52 bits per heavy atom. The second kappa shape index (κ2) is 5.93. The van der Waals surface area contributed by atoms with Crippen LogP contribution in [-0.2, 0) is 6.54 Å². The summed E-state index contributed by atoms with van der Waals surface area (Å²) < 4.78 is 14.0. The molecular formula is C16H12ClFN2S. The van der Waals surface area contributed by atoms with Crippen molar-refractivity contribution in [2.24, 2.45) is 5.73 Å². The average Bonchev–Trinajstić information content (AvgIpc) is 2.92. The van der Waals surface area contributed by atoms with Gasteiger partial charge in [0.05, 0.1) is 21.2 Å². The molecule has 1 aromatic heterocycles. The lowest BCUT2D eigenvalue weighted by Gasteiger charge is -2.01. The van der Waals surface area contributed by atoms with E-state index in [1.807, 2.05) is 30.3 Å². The van der Waals surface area contributed by atoms with Crippen molar-refractivity contribution in [2.45, 2.75) is 6.54 Å². The molecule has 1 heterocycles. The van der Waals surface area contributed by atoms with Gasteiger partial charge in [-0.2, -0.15) is 0 Å². The Labute approximate surface area is 131 Å². The molecule has 3 rings (SSSR count). The quantitative estimate of drug-likeness (QED) is 0.758. The number of benzene rings is 2. The Morgan fingerprint density at radius 2 is 1.86 bits per heavy atom. The Balaban J connectivity index is 2.17. The van der Waals surface area contributed by atoms with Gasteiger partial charge < -0.3 is 5.73 Å². The van der Waals surface area contributed by atoms with E-state index in [0.29, 0.717) is 22.1 Å². The summed E-state index contributed by atoms with van der Waals surface area (Å²) in [5, 5.41) is 0.907. The van der Waals surface area contributed by atoms with E-state index in [9.17, 15) is 4.39 Å². The smallest absolute Gasteiger partial charge is 0.134 e. The number of rotatable bonds is 3. The van der Waals surface area contributed by atoms with Crippen molar-refractivity contribution >= 4 is 22.9 Å². The average molecular weight is 319 g/mol. The number of nitrogens with zero attached hydrogens (tertiary/aromatic N) is 1. The summed E-state index contributed by atoms with van der Waals surface area (Å²) in [5.74, 6) is -0.376. The van der Waals surface area contributed by atoms with E-state index in [1.165, 1.54) is 17.4 Å². The summed E-state index contributed by atoms with van der Waals surface area (Å²) in [6.45, 7) is 0.298. The molecule has 0 fully saturated rings. The fraction of sp³-hybridized carbons (Fsp3) is 0.0625. The van der Waals surface area contributed by atoms with E-state index in [0.717, 1.165) is 16.1 Å². The van der Waals surface area contributed by atoms with E-state index >= 15 is 0 Å². The van der Waals surface area contributed by atoms with Gasteiger partial charge in [0.25, 0.3) is 0 Å². The standard InChI is InChI=1S/C16H12ClFN2S/c17-11-7-4-8-12(18)14(11)16-20-13(9-19)15(21-16)10-5-2-1-3-6-10/h1-8H,9,19H2. The molecule has 0 aliphatic heterocycles. The maximum absolute atomic E-state index is 14.0. The maximum Gasteiger partial charge on any atom is 0.134 e. The fourth-order valence-corrected chi connectivity index (χ4v) is 3.58. The molecule has 3 aromatic rings. The highest BCUT2D eigenvalue weighted by molar-refractivity contribution is 7.18. The molecule has 0 saturated heterocycles. The van der Waals surface area contributed by atoms with Gasteiger partial charge in [-0.3, -0.25) is 0 Å². The van der Waals surface area contributed by atoms with Crippen LogP contribution in [-0.4, -0.2) is 4.98 Å². The monoisotopic (exact) mass is 318 g/mol. The summed E-state index contributed by atoms with van der Waals surface area (Å²) in [6, 6.07) is 14.4. The highest BCUT2D eigenvalue weighted by atomic mass is 35.5. The predicted octanol–water partition coefficient (Wildman–Crippen LogP) is 4.73. The second-order valence-electron chi connectivity index (χ2n) is 4.46. The van der Waals surface area contributed by atoms with Crippen molar-refractivity contribution in [1.29, 1.82) is 0 Å². The molecule has 2 aromatic carbocycles. The van der Waals surface area contributed by atoms with Crippen LogP contribution in [0.4, 0.5) is 4.39 Å². The lowest BCUT2D eigenvalue weighted by Crippen LogP contribution is -1.98. The van der Waals surface area contributed by atoms with E-state index < -0.39 is 0 Å². The first-order valence-corrected chi connectivity index (χ1v) is 7.59. The molecule has 106 valence electrons. The van der Waals surface area contributed by atoms with Crippen LogP contribution >= 0.6 is 22.9 Å². The van der Waals surface area contributed by atoms with Gasteiger partial charge in [-0.05, 0) is 17.7 Å². The van der Waals surface area contributed by atoms with Gasteiger partial charge in [-0.15, -0.1) is 11.3 Å². The second-order valence-corrected chi connectivity index (χ2v) is 5.87. The summed E-state index contributed by atoms with van der Waals surface area (Å²) >= 11 is 7.51. The first-order valence-electron chi connectivity index (χ1n) is 6.40. The lowest BCUT2D eigenvalue weighted by molar-refractivity contribution is 0.631. The largest absolute Gasteiger partial charge is 0.325 e. The third-order valence-electron chi connectivity index (χ3n) is 3.10. The molecule has 0 aliphatic carbocycles. The van der Waals surface area contributed by atoms with Gasteiger partial charge in [0.2, 0.25) is 0 Å². The Hall–Kier alpha value is -1.75. The van der Waals surface area contributed by atoms with Crippen LogP contribution in [0.1, 0.15) is 5.69 Å². The van der Waals surface area contributed by atoms with E-state index in [4.69, 9.17) is 17.3 Å². The third-order valence-corrected chi connectivity index (χ3v) is 4.58. The zero-order valence-corrected chi connectivity index (χ0v) is 12.6. The number of hydrogen-bond donors (Lipinski definition) is 1. The molecule has 2 N–H and O–H groups in total. The van der Waals surface area contributed by atoms with Crippen molar-refractivity contribution < 1.29 is 4.39 Å². The number of halogens is 2. The lowest BCUT2D eigenvalue weighted by atomic mass is 10.1. The van der Waals surface area contributed by atoms with Gasteiger partial charge in [0, 0.05) is 6.54 Å². The topological polar surface area (TPSA) is 38.9 Å². The van der Waals surface area contributed by atoms with Crippen LogP contribution in [0.25, 0.3) is 21.0 Å². The van der Waals surface area contributed by atoms with Crippen LogP contribution < -0.4 is 5.73 Å². The highest BCUT2D eigenvalue weighted by Gasteiger charge is 2.17. The molecular weight excluding hydrogens is 307 g/mol. The SMILES string of the molecule is NCc1nc(-c2c(F)cccc2Cl)sc1-c1ccccc1. The molecule has 0 amide bonds. The van der Waals surface area contributed by atoms with Gasteiger partial charge in [-0.1, -0.05) is 48.0 Å². The van der Waals surface area contributed by atoms with Gasteiger partial charge >= 0.3 is 0 Å². The molecule has 0 radical (unpaired) electrons. The summed E-state index contributed by atoms with van der Waals surface area (Å²) in [4.78, 5) is 5.42. The predicted molar refractivity (Wildman–Crippen MR) is 85.8 cm³/mol. The highest BCUT2D eigenvalue weighted by Crippen LogP contribution is 2.39. The van der Waals surface area contributed by atoms with Crippen LogP contribution in [0, 0.1) is 5.82 Å². The Morgan fingerprint density at radius 1 is 1.10 bits per heavy atom. The first kappa shape index (κ1) is 14.2. The molecule has 0 bridgehead atoms. The van der Waals surface area contributed by atoms with Gasteiger partial charge in [0.15, 0.2) is 0 Å². The molecule has 0 aliphatic rings. The minimum atomic E-state index is -0.376. The zero-order valence-electron chi connectivity index (χ0n) is 11.0. The van der Waals surface area contributed by atoms with Gasteiger partial charge in [0.1, 0.15) is 10.8 Å². The maximum atomic E-state index is 14.0. The molecule has 0 atom stereocenters. The van der Waals surface area contributed by atoms with Crippen LogP contribution in [0.2, 0.25) is 5.02 Å². The van der Waals surface area contributed by atoms with E-state index in [1.54, 1.807) is 12.1 Å². The number of aromatic nitrogens is 1. The summed E-state index contributed by atoms with van der Waals surface area (Å²) in [6.07, 6.45) is 0. The Bertz CT molecular complexity index is 751. The molecule has 0 saturated carbocycles. The summed E-state index contributed by atoms with van der Waals surface area (Å²) in [7, 11) is 0. The number of nitrogens with two attached hydrogens (primary N) is 1. The third kappa shape index (κ3) is 2.70. The molecule has 21 heavy (non-hydrogen) atoms. The molecule has 0 unspecified atom stereocenters. The molecule has 0 spiro atoms. The fourth-order valence-electron chi connectivity index (χ4n) is 2.11. The van der Waals surface area contributed by atoms with Crippen molar-refractivity contribution in [3.05, 3.63) is 65.1 Å². The van der Waals surface area contributed by atoms with Crippen molar-refractivity contribution in [3.63, 3.8) is 0 Å². The van der Waals surface area contributed by atoms with Crippen molar-refractivity contribution in [3.8, 4) is 21.0 Å². The normalized spacial score (nSPS) is 10.8. The van der Waals surface area contributed by atoms with E-state index in [2.05, 4.69) is 4.98 Å². The van der Waals surface area contributed by atoms with E-state index in [-0.39, 0.29) is 5.82 Å². The van der Waals surface area contributed by atoms with Crippen molar-refractivity contribution in [2.75, 3.05) is 0 Å². The number of hydrogen-bond acceptors (Lipinski definition) is 3. The Kier molecular flexibility index (Phi) is 4.01. The minimum Gasteiger partial charge on any atom is -0.325 e. The van der Waals surface area contributed by atoms with Crippen LogP contribution in [0.5, 0.6) is 0 Å². The minimum absolute atomic E-state index is 0.298. The number of thiazole rings is 1. The molecule has 5 heteroatoms. The zero-order chi connectivity index (χ0) is 14.8. The van der Waals surface area contributed by atoms with Gasteiger partial charge in [-0.25, -0.2) is 9.37 Å². The van der Waals surface area contributed by atoms with Crippen molar-refractivity contribution in [1.82, 2.24) is 4.98 Å². The van der Waals surface area contributed by atoms with Crippen LogP contribution in [0.15, 0.2) is 48.5 Å². The first-order chi connectivity index (χ1) is 10.2. The summed E-state index contributed by atoms with van der Waals surface area (Å²) in [5.41, 5.74) is 7.88.